The molecular formula is C20H17FINO4S. The molecule has 1 aliphatic heterocycles. The Labute approximate surface area is 180 Å². The monoisotopic (exact) mass is 513 g/mol. The molecule has 0 radical (unpaired) electrons. The summed E-state index contributed by atoms with van der Waals surface area (Å²) in [4.78, 5) is 26.5. The predicted octanol–water partition coefficient (Wildman–Crippen LogP) is 5.07. The molecule has 146 valence electrons. The van der Waals surface area contributed by atoms with Crippen molar-refractivity contribution in [1.82, 2.24) is 4.90 Å². The maximum Gasteiger partial charge on any atom is 0.293 e. The summed E-state index contributed by atoms with van der Waals surface area (Å²) in [7, 11) is 1.55. The molecule has 8 heteroatoms. The summed E-state index contributed by atoms with van der Waals surface area (Å²) in [5, 5.41) is -0.354. The fourth-order valence-corrected chi connectivity index (χ4v) is 4.29. The number of ether oxygens (including phenoxy) is 2. The molecule has 2 aromatic rings. The molecule has 0 N–H and O–H groups in total. The van der Waals surface area contributed by atoms with Crippen LogP contribution in [0.25, 0.3) is 6.08 Å². The number of carbonyl (C=O) groups excluding carboxylic acids is 2. The van der Waals surface area contributed by atoms with Gasteiger partial charge in [-0.15, -0.1) is 0 Å². The number of nitrogens with zero attached hydrogens (tertiary/aromatic N) is 1. The van der Waals surface area contributed by atoms with Crippen molar-refractivity contribution in [2.24, 2.45) is 0 Å². The van der Waals surface area contributed by atoms with E-state index in [1.807, 2.05) is 13.0 Å². The SMILES string of the molecule is CCOc1c(I)cc(/C=C2/SC(=O)N(Cc3ccc(F)cc3)C2=O)cc1OC. The minimum atomic E-state index is -0.373. The maximum absolute atomic E-state index is 13.0. The molecule has 0 aromatic heterocycles. The Bertz CT molecular complexity index is 946. The third kappa shape index (κ3) is 4.49. The first-order valence-electron chi connectivity index (χ1n) is 8.43. The van der Waals surface area contributed by atoms with Gasteiger partial charge in [0, 0.05) is 0 Å². The lowest BCUT2D eigenvalue weighted by molar-refractivity contribution is -0.123. The number of carbonyl (C=O) groups is 2. The van der Waals surface area contributed by atoms with Gasteiger partial charge in [0.2, 0.25) is 0 Å². The van der Waals surface area contributed by atoms with E-state index in [9.17, 15) is 14.0 Å². The first-order valence-corrected chi connectivity index (χ1v) is 10.3. The number of methoxy groups -OCH3 is 1. The van der Waals surface area contributed by atoms with Gasteiger partial charge in [-0.3, -0.25) is 14.5 Å². The van der Waals surface area contributed by atoms with Crippen molar-refractivity contribution < 1.29 is 23.5 Å². The van der Waals surface area contributed by atoms with Crippen molar-refractivity contribution in [2.45, 2.75) is 13.5 Å². The van der Waals surface area contributed by atoms with Crippen LogP contribution in [0.1, 0.15) is 18.1 Å². The Morgan fingerprint density at radius 2 is 1.93 bits per heavy atom. The van der Waals surface area contributed by atoms with Crippen LogP contribution in [0.5, 0.6) is 11.5 Å². The van der Waals surface area contributed by atoms with Crippen LogP contribution in [0.3, 0.4) is 0 Å². The Kier molecular flexibility index (Phi) is 6.61. The van der Waals surface area contributed by atoms with Gasteiger partial charge in [-0.05, 0) is 82.7 Å². The molecular weight excluding hydrogens is 496 g/mol. The first-order chi connectivity index (χ1) is 13.4. The summed E-state index contributed by atoms with van der Waals surface area (Å²) in [6, 6.07) is 9.35. The smallest absolute Gasteiger partial charge is 0.293 e. The Balaban J connectivity index is 1.85. The summed E-state index contributed by atoms with van der Waals surface area (Å²) in [6.45, 7) is 2.50. The lowest BCUT2D eigenvalue weighted by Gasteiger charge is -2.13. The molecule has 2 amide bonds. The van der Waals surface area contributed by atoms with E-state index in [0.717, 1.165) is 25.8 Å². The highest BCUT2D eigenvalue weighted by Crippen LogP contribution is 2.37. The lowest BCUT2D eigenvalue weighted by atomic mass is 10.1. The molecule has 2 aromatic carbocycles. The molecule has 0 atom stereocenters. The Hall–Kier alpha value is -2.07. The summed E-state index contributed by atoms with van der Waals surface area (Å²) in [6.07, 6.45) is 1.66. The van der Waals surface area contributed by atoms with Crippen molar-refractivity contribution in [3.8, 4) is 11.5 Å². The van der Waals surface area contributed by atoms with E-state index in [0.29, 0.717) is 28.6 Å². The fourth-order valence-electron chi connectivity index (χ4n) is 2.67. The van der Waals surface area contributed by atoms with Gasteiger partial charge in [-0.25, -0.2) is 4.39 Å². The molecule has 1 aliphatic rings. The average molecular weight is 513 g/mol. The Morgan fingerprint density at radius 3 is 2.57 bits per heavy atom. The highest BCUT2D eigenvalue weighted by Gasteiger charge is 2.35. The van der Waals surface area contributed by atoms with Crippen LogP contribution < -0.4 is 9.47 Å². The van der Waals surface area contributed by atoms with E-state index in [1.54, 1.807) is 31.4 Å². The molecule has 0 saturated carbocycles. The number of benzene rings is 2. The molecule has 0 spiro atoms. The standard InChI is InChI=1S/C20H17FINO4S/c1-3-27-18-15(22)8-13(9-16(18)26-2)10-17-19(24)23(20(25)28-17)11-12-4-6-14(21)7-5-12/h4-10H,3,11H2,1-2H3/b17-10+. The maximum atomic E-state index is 13.0. The van der Waals surface area contributed by atoms with Gasteiger partial charge in [0.1, 0.15) is 5.82 Å². The number of hydrogen-bond donors (Lipinski definition) is 0. The zero-order valence-electron chi connectivity index (χ0n) is 15.2. The van der Waals surface area contributed by atoms with Crippen LogP contribution in [-0.4, -0.2) is 29.8 Å². The van der Waals surface area contributed by atoms with Crippen molar-refractivity contribution >= 4 is 51.6 Å². The first kappa shape index (κ1) is 20.7. The summed E-state index contributed by atoms with van der Waals surface area (Å²) in [5.41, 5.74) is 1.42. The number of rotatable bonds is 6. The fraction of sp³-hybridized carbons (Fsp3) is 0.200. The minimum absolute atomic E-state index is 0.104. The van der Waals surface area contributed by atoms with E-state index < -0.39 is 0 Å². The summed E-state index contributed by atoms with van der Waals surface area (Å²) < 4.78 is 24.9. The third-order valence-electron chi connectivity index (χ3n) is 3.97. The molecule has 1 fully saturated rings. The Morgan fingerprint density at radius 1 is 1.21 bits per heavy atom. The molecule has 3 rings (SSSR count). The van der Waals surface area contributed by atoms with E-state index in [1.165, 1.54) is 12.1 Å². The number of amides is 2. The summed E-state index contributed by atoms with van der Waals surface area (Å²) >= 11 is 3.02. The average Bonchev–Trinajstić information content (AvgIpc) is 2.92. The number of hydrogen-bond acceptors (Lipinski definition) is 5. The van der Waals surface area contributed by atoms with E-state index in [-0.39, 0.29) is 23.5 Å². The highest BCUT2D eigenvalue weighted by molar-refractivity contribution is 14.1. The van der Waals surface area contributed by atoms with E-state index in [2.05, 4.69) is 22.6 Å². The van der Waals surface area contributed by atoms with Crippen LogP contribution in [0.4, 0.5) is 9.18 Å². The van der Waals surface area contributed by atoms with Gasteiger partial charge in [-0.1, -0.05) is 12.1 Å². The molecule has 0 aliphatic carbocycles. The van der Waals surface area contributed by atoms with Crippen molar-refractivity contribution in [3.05, 3.63) is 61.8 Å². The van der Waals surface area contributed by atoms with E-state index >= 15 is 0 Å². The number of halogens is 2. The van der Waals surface area contributed by atoms with Crippen LogP contribution in [0.2, 0.25) is 0 Å². The zero-order chi connectivity index (χ0) is 20.3. The summed E-state index contributed by atoms with van der Waals surface area (Å²) in [5.74, 6) is 0.469. The van der Waals surface area contributed by atoms with Gasteiger partial charge in [0.15, 0.2) is 11.5 Å². The van der Waals surface area contributed by atoms with Crippen molar-refractivity contribution in [1.29, 1.82) is 0 Å². The largest absolute Gasteiger partial charge is 0.493 e. The highest BCUT2D eigenvalue weighted by atomic mass is 127. The van der Waals surface area contributed by atoms with Crippen molar-refractivity contribution in [3.63, 3.8) is 0 Å². The van der Waals surface area contributed by atoms with Gasteiger partial charge in [0.05, 0.1) is 28.7 Å². The second-order valence-electron chi connectivity index (χ2n) is 5.86. The zero-order valence-corrected chi connectivity index (χ0v) is 18.2. The van der Waals surface area contributed by atoms with E-state index in [4.69, 9.17) is 9.47 Å². The van der Waals surface area contributed by atoms with Gasteiger partial charge < -0.3 is 9.47 Å². The molecule has 28 heavy (non-hydrogen) atoms. The second kappa shape index (κ2) is 8.95. The molecule has 5 nitrogen and oxygen atoms in total. The van der Waals surface area contributed by atoms with Gasteiger partial charge >= 0.3 is 0 Å². The molecule has 1 heterocycles. The van der Waals surface area contributed by atoms with Crippen LogP contribution in [-0.2, 0) is 11.3 Å². The van der Waals surface area contributed by atoms with Crippen LogP contribution >= 0.6 is 34.4 Å². The topological polar surface area (TPSA) is 55.8 Å². The molecule has 0 unspecified atom stereocenters. The minimum Gasteiger partial charge on any atom is -0.493 e. The van der Waals surface area contributed by atoms with Gasteiger partial charge in [0.25, 0.3) is 11.1 Å². The lowest BCUT2D eigenvalue weighted by Crippen LogP contribution is -2.27. The quantitative estimate of drug-likeness (QED) is 0.399. The predicted molar refractivity (Wildman–Crippen MR) is 115 cm³/mol. The van der Waals surface area contributed by atoms with Crippen LogP contribution in [0, 0.1) is 9.39 Å². The number of imide groups is 1. The van der Waals surface area contributed by atoms with Crippen molar-refractivity contribution in [2.75, 3.05) is 13.7 Å². The normalized spacial score (nSPS) is 15.4. The number of thioether (sulfide) groups is 1. The molecule has 1 saturated heterocycles. The van der Waals surface area contributed by atoms with Crippen LogP contribution in [0.15, 0.2) is 41.3 Å². The van der Waals surface area contributed by atoms with Gasteiger partial charge in [-0.2, -0.15) is 0 Å². The second-order valence-corrected chi connectivity index (χ2v) is 8.02. The third-order valence-corrected chi connectivity index (χ3v) is 5.67. The molecule has 0 bridgehead atoms.